The second-order valence-corrected chi connectivity index (χ2v) is 6.89. The predicted molar refractivity (Wildman–Crippen MR) is 106 cm³/mol. The number of nitro groups is 1. The van der Waals surface area contributed by atoms with Crippen molar-refractivity contribution in [2.45, 2.75) is 26.4 Å². The Hall–Kier alpha value is -4.73. The van der Waals surface area contributed by atoms with Gasteiger partial charge in [0, 0.05) is 28.7 Å². The van der Waals surface area contributed by atoms with Gasteiger partial charge in [-0.1, -0.05) is 12.1 Å². The maximum absolute atomic E-state index is 13.1. The SMILES string of the molecule is COC(=O)C1=C(C)NC(C)=C(C(=O)OCc2no[n+]([O-])c2C#N)C1c1cccc([N+](=O)[O-])c1. The summed E-state index contributed by atoms with van der Waals surface area (Å²) >= 11 is 0. The fourth-order valence-electron chi connectivity index (χ4n) is 3.48. The van der Waals surface area contributed by atoms with Crippen molar-refractivity contribution in [3.05, 3.63) is 79.1 Å². The number of rotatable bonds is 6. The first-order valence-electron chi connectivity index (χ1n) is 9.36. The van der Waals surface area contributed by atoms with Gasteiger partial charge in [-0.3, -0.25) is 14.7 Å². The van der Waals surface area contributed by atoms with E-state index in [4.69, 9.17) is 14.7 Å². The number of non-ortho nitro benzene ring substituents is 1. The van der Waals surface area contributed by atoms with Crippen LogP contribution in [0.4, 0.5) is 5.69 Å². The van der Waals surface area contributed by atoms with Crippen molar-refractivity contribution in [3.63, 3.8) is 0 Å². The zero-order valence-electron chi connectivity index (χ0n) is 17.6. The largest absolute Gasteiger partial charge is 0.466 e. The molecule has 0 saturated heterocycles. The molecule has 0 saturated carbocycles. The van der Waals surface area contributed by atoms with Crippen molar-refractivity contribution in [1.29, 1.82) is 5.26 Å². The number of nitrogens with zero attached hydrogens (tertiary/aromatic N) is 4. The molecular formula is C20H17N5O8. The average Bonchev–Trinajstić information content (AvgIpc) is 3.15. The van der Waals surface area contributed by atoms with Crippen molar-refractivity contribution < 1.29 is 33.5 Å². The molecule has 2 heterocycles. The number of allylic oxidation sites excluding steroid dienone is 2. The molecule has 0 fully saturated rings. The quantitative estimate of drug-likeness (QED) is 0.286. The summed E-state index contributed by atoms with van der Waals surface area (Å²) in [5, 5.41) is 38.0. The molecule has 3 rings (SSSR count). The lowest BCUT2D eigenvalue weighted by Gasteiger charge is -2.30. The van der Waals surface area contributed by atoms with Gasteiger partial charge in [0.25, 0.3) is 11.4 Å². The highest BCUT2D eigenvalue weighted by molar-refractivity contribution is 5.99. The van der Waals surface area contributed by atoms with Crippen LogP contribution < -0.4 is 10.2 Å². The summed E-state index contributed by atoms with van der Waals surface area (Å²) in [5.74, 6) is -2.71. The number of nitriles is 1. The second-order valence-electron chi connectivity index (χ2n) is 6.89. The molecule has 1 atom stereocenters. The van der Waals surface area contributed by atoms with Crippen LogP contribution in [0.5, 0.6) is 0 Å². The molecule has 0 aliphatic carbocycles. The number of nitrogens with one attached hydrogen (secondary N) is 1. The van der Waals surface area contributed by atoms with E-state index >= 15 is 0 Å². The van der Waals surface area contributed by atoms with E-state index in [1.807, 2.05) is 0 Å². The van der Waals surface area contributed by atoms with E-state index in [-0.39, 0.29) is 33.0 Å². The molecule has 1 aromatic carbocycles. The van der Waals surface area contributed by atoms with E-state index in [0.29, 0.717) is 11.4 Å². The van der Waals surface area contributed by atoms with Crippen molar-refractivity contribution in [2.75, 3.05) is 7.11 Å². The molecule has 1 aliphatic rings. The number of dihydropyridines is 1. The van der Waals surface area contributed by atoms with Crippen LogP contribution in [0, 0.1) is 26.7 Å². The Morgan fingerprint density at radius 2 is 1.97 bits per heavy atom. The number of benzene rings is 1. The smallest absolute Gasteiger partial charge is 0.337 e. The lowest BCUT2D eigenvalue weighted by atomic mass is 9.80. The first kappa shape index (κ1) is 22.9. The third-order valence-electron chi connectivity index (χ3n) is 4.93. The maximum atomic E-state index is 13.1. The average molecular weight is 455 g/mol. The Kier molecular flexibility index (Phi) is 6.38. The normalized spacial score (nSPS) is 15.5. The van der Waals surface area contributed by atoms with Gasteiger partial charge in [-0.15, -0.1) is 0 Å². The Morgan fingerprint density at radius 3 is 2.58 bits per heavy atom. The highest BCUT2D eigenvalue weighted by Gasteiger charge is 2.38. The third kappa shape index (κ3) is 4.35. The lowest BCUT2D eigenvalue weighted by Crippen LogP contribution is -2.32. The number of nitro benzene ring substituents is 1. The molecule has 33 heavy (non-hydrogen) atoms. The van der Waals surface area contributed by atoms with Crippen LogP contribution in [-0.4, -0.2) is 29.1 Å². The number of esters is 2. The highest BCUT2D eigenvalue weighted by atomic mass is 16.8. The Labute approximate surface area is 186 Å². The summed E-state index contributed by atoms with van der Waals surface area (Å²) in [5.41, 5.74) is 0.147. The van der Waals surface area contributed by atoms with Crippen LogP contribution in [0.15, 0.2) is 51.4 Å². The number of ether oxygens (including phenoxy) is 2. The highest BCUT2D eigenvalue weighted by Crippen LogP contribution is 2.40. The minimum absolute atomic E-state index is 0.0153. The number of hydrogen-bond donors (Lipinski definition) is 1. The zero-order valence-corrected chi connectivity index (χ0v) is 17.6. The molecule has 13 heteroatoms. The molecule has 1 unspecified atom stereocenters. The molecule has 0 spiro atoms. The number of carbonyl (C=O) groups excluding carboxylic acids is 2. The first-order chi connectivity index (χ1) is 15.7. The minimum atomic E-state index is -1.05. The van der Waals surface area contributed by atoms with Gasteiger partial charge in [-0.25, -0.2) is 9.59 Å². The number of carbonyl (C=O) groups is 2. The molecule has 1 N–H and O–H groups in total. The molecule has 1 aliphatic heterocycles. The molecule has 170 valence electrons. The van der Waals surface area contributed by atoms with E-state index in [9.17, 15) is 24.9 Å². The summed E-state index contributed by atoms with van der Waals surface area (Å²) in [6, 6.07) is 7.08. The third-order valence-corrected chi connectivity index (χ3v) is 4.93. The van der Waals surface area contributed by atoms with Gasteiger partial charge in [-0.05, 0) is 24.3 Å². The Morgan fingerprint density at radius 1 is 1.30 bits per heavy atom. The van der Waals surface area contributed by atoms with Crippen molar-refractivity contribution >= 4 is 17.6 Å². The molecule has 0 amide bonds. The summed E-state index contributed by atoms with van der Waals surface area (Å²) in [6.07, 6.45) is 0. The summed E-state index contributed by atoms with van der Waals surface area (Å²) in [4.78, 5) is 36.3. The lowest BCUT2D eigenvalue weighted by molar-refractivity contribution is -0.804. The summed E-state index contributed by atoms with van der Waals surface area (Å²) < 4.78 is 14.5. The van der Waals surface area contributed by atoms with Crippen LogP contribution in [0.1, 0.15) is 36.7 Å². The van der Waals surface area contributed by atoms with Crippen LogP contribution in [0.25, 0.3) is 0 Å². The maximum Gasteiger partial charge on any atom is 0.337 e. The Balaban J connectivity index is 2.05. The van der Waals surface area contributed by atoms with E-state index in [1.165, 1.54) is 31.4 Å². The van der Waals surface area contributed by atoms with E-state index in [1.54, 1.807) is 19.9 Å². The standard InChI is InChI=1S/C20H17N5O8/c1-10-16(19(26)31-3)18(12-5-4-6-13(7-12)24(28)29)17(11(2)22-10)20(27)32-9-14-15(8-21)25(30)33-23-14/h4-7,18,22H,9H2,1-3H3. The second kappa shape index (κ2) is 9.18. The van der Waals surface area contributed by atoms with Gasteiger partial charge in [0.15, 0.2) is 12.7 Å². The van der Waals surface area contributed by atoms with Crippen LogP contribution >= 0.6 is 0 Å². The van der Waals surface area contributed by atoms with Crippen LogP contribution in [-0.2, 0) is 25.7 Å². The molecule has 0 radical (unpaired) electrons. The van der Waals surface area contributed by atoms with Crippen LogP contribution in [0.2, 0.25) is 0 Å². The molecule has 0 bridgehead atoms. The van der Waals surface area contributed by atoms with E-state index < -0.39 is 35.1 Å². The van der Waals surface area contributed by atoms with Crippen molar-refractivity contribution in [1.82, 2.24) is 10.5 Å². The molecule has 2 aromatic rings. The number of aromatic nitrogens is 2. The van der Waals surface area contributed by atoms with Gasteiger partial charge in [0.05, 0.1) is 29.1 Å². The summed E-state index contributed by atoms with van der Waals surface area (Å²) in [6.45, 7) is 2.61. The van der Waals surface area contributed by atoms with E-state index in [2.05, 4.69) is 15.1 Å². The fraction of sp³-hybridized carbons (Fsp3) is 0.250. The predicted octanol–water partition coefficient (Wildman–Crippen LogP) is 1.24. The van der Waals surface area contributed by atoms with Gasteiger partial charge in [0.2, 0.25) is 0 Å². The molecular weight excluding hydrogens is 438 g/mol. The number of hydrogen-bond acceptors (Lipinski definition) is 11. The van der Waals surface area contributed by atoms with Gasteiger partial charge in [-0.2, -0.15) is 5.26 Å². The monoisotopic (exact) mass is 455 g/mol. The van der Waals surface area contributed by atoms with Crippen LogP contribution in [0.3, 0.4) is 0 Å². The molecule has 1 aromatic heterocycles. The Bertz CT molecular complexity index is 1250. The number of methoxy groups -OCH3 is 1. The zero-order chi connectivity index (χ0) is 24.3. The summed E-state index contributed by atoms with van der Waals surface area (Å²) in [7, 11) is 1.17. The van der Waals surface area contributed by atoms with E-state index in [0.717, 1.165) is 0 Å². The van der Waals surface area contributed by atoms with Gasteiger partial charge < -0.3 is 20.0 Å². The first-order valence-corrected chi connectivity index (χ1v) is 9.36. The molecule has 13 nitrogen and oxygen atoms in total. The fourth-order valence-corrected chi connectivity index (χ4v) is 3.48. The van der Waals surface area contributed by atoms with Gasteiger partial charge >= 0.3 is 17.6 Å². The minimum Gasteiger partial charge on any atom is -0.466 e. The van der Waals surface area contributed by atoms with Crippen molar-refractivity contribution in [2.24, 2.45) is 0 Å². The van der Waals surface area contributed by atoms with Gasteiger partial charge in [0.1, 0.15) is 0 Å². The topological polar surface area (TPSA) is 185 Å². The van der Waals surface area contributed by atoms with Crippen molar-refractivity contribution in [3.8, 4) is 6.07 Å².